The highest BCUT2D eigenvalue weighted by atomic mass is 35.5. The summed E-state index contributed by atoms with van der Waals surface area (Å²) < 4.78 is 6.99. The molecule has 2 N–H and O–H groups in total. The minimum absolute atomic E-state index is 0.360. The van der Waals surface area contributed by atoms with Crippen LogP contribution in [-0.4, -0.2) is 17.0 Å². The number of nitrogens with zero attached hydrogens (tertiary/aromatic N) is 2. The summed E-state index contributed by atoms with van der Waals surface area (Å²) in [5.74, 6) is 1.25. The first-order valence-electron chi connectivity index (χ1n) is 7.55. The Hall–Kier alpha value is -2.57. The van der Waals surface area contributed by atoms with Crippen molar-refractivity contribution in [1.82, 2.24) is 3.96 Å². The number of aryl methyl sites for hydroxylation is 1. The third kappa shape index (κ3) is 4.29. The van der Waals surface area contributed by atoms with Crippen LogP contribution in [0.15, 0.2) is 59.6 Å². The Bertz CT molecular complexity index is 977. The molecule has 0 atom stereocenters. The first kappa shape index (κ1) is 17.3. The van der Waals surface area contributed by atoms with Crippen molar-refractivity contribution in [3.63, 3.8) is 0 Å². The maximum absolute atomic E-state index is 8.18. The third-order valence-electron chi connectivity index (χ3n) is 3.36. The van der Waals surface area contributed by atoms with E-state index in [1.165, 1.54) is 11.5 Å². The van der Waals surface area contributed by atoms with E-state index in [0.717, 1.165) is 22.0 Å². The smallest absolute Gasteiger partial charge is 0.223 e. The number of rotatable bonds is 3. The molecule has 1 heterocycles. The van der Waals surface area contributed by atoms with Crippen molar-refractivity contribution in [1.29, 1.82) is 5.41 Å². The lowest BCUT2D eigenvalue weighted by atomic mass is 10.3. The summed E-state index contributed by atoms with van der Waals surface area (Å²) in [6.45, 7) is 1.96. The van der Waals surface area contributed by atoms with E-state index in [4.69, 9.17) is 21.7 Å². The second-order valence-electron chi connectivity index (χ2n) is 5.30. The monoisotopic (exact) mass is 372 g/mol. The van der Waals surface area contributed by atoms with E-state index in [1.54, 1.807) is 17.1 Å². The van der Waals surface area contributed by atoms with Crippen molar-refractivity contribution in [3.8, 4) is 5.75 Å². The van der Waals surface area contributed by atoms with Gasteiger partial charge >= 0.3 is 0 Å². The average molecular weight is 373 g/mol. The summed E-state index contributed by atoms with van der Waals surface area (Å²) in [7, 11) is 1.62. The van der Waals surface area contributed by atoms with E-state index in [-0.39, 0.29) is 0 Å². The van der Waals surface area contributed by atoms with Gasteiger partial charge in [-0.2, -0.15) is 0 Å². The Labute approximate surface area is 154 Å². The topological polar surface area (TPSA) is 62.4 Å². The summed E-state index contributed by atoms with van der Waals surface area (Å²) in [5, 5.41) is 12.1. The number of anilines is 1. The number of hydrogen-bond acceptors (Lipinski definition) is 4. The molecule has 0 radical (unpaired) electrons. The van der Waals surface area contributed by atoms with Gasteiger partial charge in [-0.1, -0.05) is 35.3 Å². The van der Waals surface area contributed by atoms with Gasteiger partial charge in [-0.3, -0.25) is 5.41 Å². The summed E-state index contributed by atoms with van der Waals surface area (Å²) >= 11 is 7.52. The summed E-state index contributed by atoms with van der Waals surface area (Å²) in [6.07, 6.45) is 0. The minimum atomic E-state index is 0.360. The second kappa shape index (κ2) is 7.55. The Morgan fingerprint density at radius 2 is 2.00 bits per heavy atom. The van der Waals surface area contributed by atoms with E-state index in [0.29, 0.717) is 16.5 Å². The van der Waals surface area contributed by atoms with Gasteiger partial charge in [-0.25, -0.2) is 8.95 Å². The van der Waals surface area contributed by atoms with Gasteiger partial charge in [0.25, 0.3) is 0 Å². The molecule has 0 unspecified atom stereocenters. The first-order chi connectivity index (χ1) is 12.0. The molecule has 3 rings (SSSR count). The van der Waals surface area contributed by atoms with E-state index in [1.807, 2.05) is 55.5 Å². The van der Waals surface area contributed by atoms with Crippen LogP contribution in [0.3, 0.4) is 0 Å². The standard InChI is InChI=1S/C18H17ClN4OS/c1-12-9-17(20)23(25-12)18(21-14-6-3-5-13(19)10-14)22-15-7-4-8-16(11-15)24-2/h3-11,20H,1-2H3,(H,21,22). The molecule has 7 heteroatoms. The lowest BCUT2D eigenvalue weighted by Crippen LogP contribution is -2.28. The lowest BCUT2D eigenvalue weighted by molar-refractivity contribution is 0.415. The van der Waals surface area contributed by atoms with Gasteiger partial charge in [0.1, 0.15) is 11.2 Å². The highest BCUT2D eigenvalue weighted by Crippen LogP contribution is 2.21. The number of hydrogen-bond donors (Lipinski definition) is 2. The highest BCUT2D eigenvalue weighted by molar-refractivity contribution is 7.07. The molecule has 0 aliphatic heterocycles. The molecule has 25 heavy (non-hydrogen) atoms. The Balaban J connectivity index is 2.06. The Morgan fingerprint density at radius 1 is 1.20 bits per heavy atom. The van der Waals surface area contributed by atoms with Crippen LogP contribution in [0.2, 0.25) is 5.02 Å². The van der Waals surface area contributed by atoms with Crippen LogP contribution >= 0.6 is 23.1 Å². The van der Waals surface area contributed by atoms with Crippen molar-refractivity contribution in [2.45, 2.75) is 6.92 Å². The molecule has 0 amide bonds. The molecule has 128 valence electrons. The van der Waals surface area contributed by atoms with Crippen LogP contribution in [-0.2, 0) is 0 Å². The molecule has 0 aliphatic carbocycles. The Kier molecular flexibility index (Phi) is 5.21. The van der Waals surface area contributed by atoms with Crippen molar-refractivity contribution in [2.75, 3.05) is 12.4 Å². The first-order valence-corrected chi connectivity index (χ1v) is 8.70. The number of aliphatic imine (C=N–C) groups is 1. The molecule has 5 nitrogen and oxygen atoms in total. The SMILES string of the molecule is COc1cccc(N=C(Nc2cccc(Cl)c2)n2sc(C)cc2=N)c1. The van der Waals surface area contributed by atoms with Gasteiger partial charge < -0.3 is 10.1 Å². The van der Waals surface area contributed by atoms with Crippen LogP contribution in [0.5, 0.6) is 5.75 Å². The zero-order chi connectivity index (χ0) is 17.8. The van der Waals surface area contributed by atoms with E-state index >= 15 is 0 Å². The second-order valence-corrected chi connectivity index (χ2v) is 6.93. The van der Waals surface area contributed by atoms with Gasteiger partial charge in [0.2, 0.25) is 5.96 Å². The summed E-state index contributed by atoms with van der Waals surface area (Å²) in [6, 6.07) is 16.6. The quantitative estimate of drug-likeness (QED) is 0.519. The third-order valence-corrected chi connectivity index (χ3v) is 4.55. The van der Waals surface area contributed by atoms with Crippen LogP contribution in [0, 0.1) is 12.3 Å². The molecule has 1 aromatic heterocycles. The molecule has 0 spiro atoms. The molecular formula is C18H17ClN4OS. The van der Waals surface area contributed by atoms with Gasteiger partial charge in [-0.05, 0) is 43.3 Å². The van der Waals surface area contributed by atoms with Crippen molar-refractivity contribution in [3.05, 3.63) is 70.0 Å². The van der Waals surface area contributed by atoms with Gasteiger partial charge in [-0.15, -0.1) is 0 Å². The van der Waals surface area contributed by atoms with Crippen LogP contribution in [0.4, 0.5) is 11.4 Å². The highest BCUT2D eigenvalue weighted by Gasteiger charge is 2.09. The molecule has 0 saturated carbocycles. The number of benzene rings is 2. The zero-order valence-electron chi connectivity index (χ0n) is 13.8. The largest absolute Gasteiger partial charge is 0.497 e. The number of halogens is 1. The zero-order valence-corrected chi connectivity index (χ0v) is 15.4. The molecular weight excluding hydrogens is 356 g/mol. The van der Waals surface area contributed by atoms with Gasteiger partial charge in [0, 0.05) is 21.7 Å². The number of ether oxygens (including phenoxy) is 1. The molecule has 3 aromatic rings. The van der Waals surface area contributed by atoms with Crippen LogP contribution < -0.4 is 15.5 Å². The van der Waals surface area contributed by atoms with E-state index < -0.39 is 0 Å². The summed E-state index contributed by atoms with van der Waals surface area (Å²) in [4.78, 5) is 5.70. The normalized spacial score (nSPS) is 11.4. The van der Waals surface area contributed by atoms with Crippen LogP contribution in [0.25, 0.3) is 0 Å². The lowest BCUT2D eigenvalue weighted by Gasteiger charge is -2.11. The summed E-state index contributed by atoms with van der Waals surface area (Å²) in [5.41, 5.74) is 1.88. The molecule has 0 fully saturated rings. The fraction of sp³-hybridized carbons (Fsp3) is 0.111. The predicted octanol–water partition coefficient (Wildman–Crippen LogP) is 4.65. The number of aromatic nitrogens is 1. The maximum Gasteiger partial charge on any atom is 0.223 e. The number of methoxy groups -OCH3 is 1. The molecule has 0 bridgehead atoms. The molecule has 0 aliphatic rings. The van der Waals surface area contributed by atoms with Gasteiger partial charge in [0.15, 0.2) is 0 Å². The van der Waals surface area contributed by atoms with Gasteiger partial charge in [0.05, 0.1) is 12.8 Å². The maximum atomic E-state index is 8.18. The van der Waals surface area contributed by atoms with Crippen molar-refractivity contribution < 1.29 is 4.74 Å². The minimum Gasteiger partial charge on any atom is -0.497 e. The van der Waals surface area contributed by atoms with E-state index in [2.05, 4.69) is 10.3 Å². The van der Waals surface area contributed by atoms with Crippen molar-refractivity contribution >= 4 is 40.5 Å². The van der Waals surface area contributed by atoms with E-state index in [9.17, 15) is 0 Å². The predicted molar refractivity (Wildman–Crippen MR) is 103 cm³/mol. The van der Waals surface area contributed by atoms with Crippen LogP contribution in [0.1, 0.15) is 4.88 Å². The van der Waals surface area contributed by atoms with Crippen molar-refractivity contribution in [2.24, 2.45) is 4.99 Å². The molecule has 2 aromatic carbocycles. The fourth-order valence-electron chi connectivity index (χ4n) is 2.25. The average Bonchev–Trinajstić information content (AvgIpc) is 2.93. The Morgan fingerprint density at radius 3 is 2.68 bits per heavy atom. The fourth-order valence-corrected chi connectivity index (χ4v) is 3.22. The number of nitrogens with one attached hydrogen (secondary N) is 2. The molecule has 0 saturated heterocycles.